The molecule has 0 saturated carbocycles. The highest BCUT2D eigenvalue weighted by Crippen LogP contribution is 2.32. The smallest absolute Gasteiger partial charge is 0.00879 e. The zero-order valence-corrected chi connectivity index (χ0v) is 21.3. The molecule has 0 saturated heterocycles. The molecule has 168 valence electrons. The van der Waals surface area contributed by atoms with Gasteiger partial charge in [0.15, 0.2) is 0 Å². The number of rotatable bonds is 5. The van der Waals surface area contributed by atoms with E-state index in [2.05, 4.69) is 76.8 Å². The highest BCUT2D eigenvalue weighted by atomic mass is 14.2. The van der Waals surface area contributed by atoms with Crippen LogP contribution in [0.25, 0.3) is 17.7 Å². The fourth-order valence-corrected chi connectivity index (χ4v) is 3.99. The fraction of sp³-hybridized carbons (Fsp3) is 0.419. The van der Waals surface area contributed by atoms with Gasteiger partial charge in [0.2, 0.25) is 0 Å². The molecular weight excluding hydrogens is 372 g/mol. The second-order valence-corrected chi connectivity index (χ2v) is 7.90. The molecule has 2 aliphatic rings. The van der Waals surface area contributed by atoms with Gasteiger partial charge in [-0.3, -0.25) is 0 Å². The normalized spacial score (nSPS) is 17.3. The molecule has 0 heteroatoms. The molecular formula is C31H44. The van der Waals surface area contributed by atoms with E-state index in [1.807, 2.05) is 39.8 Å². The quantitative estimate of drug-likeness (QED) is 0.425. The lowest BCUT2D eigenvalue weighted by molar-refractivity contribution is 0.656. The summed E-state index contributed by atoms with van der Waals surface area (Å²) in [5.74, 6) is 0.643. The first-order chi connectivity index (χ1) is 15.0. The average molecular weight is 417 g/mol. The molecule has 1 unspecified atom stereocenters. The predicted molar refractivity (Wildman–Crippen MR) is 143 cm³/mol. The van der Waals surface area contributed by atoms with Crippen molar-refractivity contribution < 1.29 is 0 Å². The van der Waals surface area contributed by atoms with Crippen LogP contribution in [0.3, 0.4) is 0 Å². The van der Waals surface area contributed by atoms with Gasteiger partial charge in [0.25, 0.3) is 0 Å². The van der Waals surface area contributed by atoms with E-state index >= 15 is 0 Å². The van der Waals surface area contributed by atoms with E-state index in [9.17, 15) is 0 Å². The zero-order valence-electron chi connectivity index (χ0n) is 21.3. The van der Waals surface area contributed by atoms with Crippen LogP contribution in [0.1, 0.15) is 85.8 Å². The molecule has 0 nitrogen and oxygen atoms in total. The molecule has 1 atom stereocenters. The van der Waals surface area contributed by atoms with Gasteiger partial charge in [0.1, 0.15) is 0 Å². The van der Waals surface area contributed by atoms with Gasteiger partial charge < -0.3 is 0 Å². The summed E-state index contributed by atoms with van der Waals surface area (Å²) < 4.78 is 0. The van der Waals surface area contributed by atoms with E-state index in [4.69, 9.17) is 0 Å². The van der Waals surface area contributed by atoms with E-state index in [0.29, 0.717) is 5.92 Å². The lowest BCUT2D eigenvalue weighted by Gasteiger charge is -2.23. The first kappa shape index (κ1) is 26.7. The third kappa shape index (κ3) is 6.82. The van der Waals surface area contributed by atoms with Crippen LogP contribution >= 0.6 is 0 Å². The molecule has 1 aromatic carbocycles. The summed E-state index contributed by atoms with van der Waals surface area (Å²) in [4.78, 5) is 0. The maximum Gasteiger partial charge on any atom is -0.00879 e. The fourth-order valence-electron chi connectivity index (χ4n) is 3.99. The largest absolute Gasteiger partial charge is 0.0991 e. The van der Waals surface area contributed by atoms with Crippen molar-refractivity contribution in [1.82, 2.24) is 0 Å². The van der Waals surface area contributed by atoms with Gasteiger partial charge >= 0.3 is 0 Å². The number of hydrogen-bond donors (Lipinski definition) is 0. The average Bonchev–Trinajstić information content (AvgIpc) is 2.82. The van der Waals surface area contributed by atoms with Crippen LogP contribution < -0.4 is 10.4 Å². The first-order valence-corrected chi connectivity index (χ1v) is 12.3. The van der Waals surface area contributed by atoms with Crippen LogP contribution in [0, 0.1) is 5.92 Å². The zero-order chi connectivity index (χ0) is 23.4. The van der Waals surface area contributed by atoms with E-state index in [1.165, 1.54) is 51.1 Å². The van der Waals surface area contributed by atoms with Crippen LogP contribution in [0.2, 0.25) is 0 Å². The van der Waals surface area contributed by atoms with Gasteiger partial charge in [-0.2, -0.15) is 0 Å². The second kappa shape index (κ2) is 13.9. The highest BCUT2D eigenvalue weighted by Gasteiger charge is 2.18. The molecule has 0 radical (unpaired) electrons. The summed E-state index contributed by atoms with van der Waals surface area (Å²) in [7, 11) is 0. The van der Waals surface area contributed by atoms with Gasteiger partial charge in [-0.25, -0.2) is 0 Å². The van der Waals surface area contributed by atoms with Crippen molar-refractivity contribution in [3.63, 3.8) is 0 Å². The van der Waals surface area contributed by atoms with Gasteiger partial charge in [-0.15, -0.1) is 0 Å². The summed E-state index contributed by atoms with van der Waals surface area (Å²) in [6, 6.07) is 4.65. The van der Waals surface area contributed by atoms with E-state index in [1.54, 1.807) is 5.56 Å². The van der Waals surface area contributed by atoms with Crippen molar-refractivity contribution in [2.75, 3.05) is 0 Å². The lowest BCUT2D eigenvalue weighted by Crippen LogP contribution is -2.33. The molecule has 0 aromatic heterocycles. The van der Waals surface area contributed by atoms with Gasteiger partial charge in [-0.05, 0) is 78.2 Å². The minimum Gasteiger partial charge on any atom is -0.0991 e. The minimum absolute atomic E-state index is 0.643. The lowest BCUT2D eigenvalue weighted by atomic mass is 9.82. The number of hydrogen-bond acceptors (Lipinski definition) is 0. The topological polar surface area (TPSA) is 0 Å². The predicted octanol–water partition coefficient (Wildman–Crippen LogP) is 8.08. The third-order valence-electron chi connectivity index (χ3n) is 6.09. The Labute approximate surface area is 192 Å². The molecule has 0 N–H and O–H groups in total. The summed E-state index contributed by atoms with van der Waals surface area (Å²) in [6.07, 6.45) is 19.8. The van der Waals surface area contributed by atoms with Crippen LogP contribution in [-0.2, 0) is 6.42 Å². The summed E-state index contributed by atoms with van der Waals surface area (Å²) in [5, 5.41) is 2.82. The molecule has 0 bridgehead atoms. The van der Waals surface area contributed by atoms with Crippen LogP contribution in [0.15, 0.2) is 65.8 Å². The monoisotopic (exact) mass is 416 g/mol. The Bertz CT molecular complexity index is 974. The van der Waals surface area contributed by atoms with Crippen LogP contribution in [0.5, 0.6) is 0 Å². The third-order valence-corrected chi connectivity index (χ3v) is 6.09. The highest BCUT2D eigenvalue weighted by molar-refractivity contribution is 5.81. The Kier molecular flexibility index (Phi) is 11.9. The summed E-state index contributed by atoms with van der Waals surface area (Å²) in [5.41, 5.74) is 8.82. The van der Waals surface area contributed by atoms with Crippen LogP contribution in [0.4, 0.5) is 0 Å². The molecule has 0 spiro atoms. The van der Waals surface area contributed by atoms with Crippen molar-refractivity contribution in [2.45, 2.75) is 81.1 Å². The maximum absolute atomic E-state index is 3.73. The number of fused-ring (bicyclic) bond motifs is 3. The standard InChI is InChI=1S/C27H32.2C2H6/c1-6-8-9-10-22-12-15-24-23(18-22)13-16-26-25(24)14-11-20(4)27(26)17-21(5)19(3)7-2;2*1-2/h6,8-10,13,15-19H,1,7,11-12,14H2,2-5H3;2*1-2H3/b9-8-,21-17-,22-10+;;. The Morgan fingerprint density at radius 3 is 2.45 bits per heavy atom. The molecule has 0 aliphatic heterocycles. The van der Waals surface area contributed by atoms with Crippen molar-refractivity contribution in [3.8, 4) is 0 Å². The Morgan fingerprint density at radius 2 is 1.81 bits per heavy atom. The van der Waals surface area contributed by atoms with E-state index in [0.717, 1.165) is 12.8 Å². The van der Waals surface area contributed by atoms with E-state index in [-0.39, 0.29) is 0 Å². The first-order valence-electron chi connectivity index (χ1n) is 12.3. The number of allylic oxidation sites excluding steroid dienone is 9. The van der Waals surface area contributed by atoms with Crippen molar-refractivity contribution in [2.24, 2.45) is 5.92 Å². The van der Waals surface area contributed by atoms with Gasteiger partial charge in [0.05, 0.1) is 0 Å². The van der Waals surface area contributed by atoms with Crippen molar-refractivity contribution in [1.29, 1.82) is 0 Å². The minimum atomic E-state index is 0.643. The van der Waals surface area contributed by atoms with Crippen LogP contribution in [-0.4, -0.2) is 0 Å². The summed E-state index contributed by atoms with van der Waals surface area (Å²) in [6.45, 7) is 20.9. The molecule has 31 heavy (non-hydrogen) atoms. The Morgan fingerprint density at radius 1 is 1.10 bits per heavy atom. The molecule has 0 amide bonds. The van der Waals surface area contributed by atoms with Crippen molar-refractivity contribution >= 4 is 17.7 Å². The molecule has 1 aromatic rings. The molecule has 2 aliphatic carbocycles. The Balaban J connectivity index is 0.00000113. The van der Waals surface area contributed by atoms with Gasteiger partial charge in [0, 0.05) is 0 Å². The molecule has 3 rings (SSSR count). The molecule has 0 fully saturated rings. The van der Waals surface area contributed by atoms with Gasteiger partial charge in [-0.1, -0.05) is 114 Å². The Hall–Kier alpha value is -2.34. The van der Waals surface area contributed by atoms with Crippen molar-refractivity contribution in [3.05, 3.63) is 87.4 Å². The number of benzene rings is 1. The molecule has 0 heterocycles. The maximum atomic E-state index is 3.73. The van der Waals surface area contributed by atoms with E-state index < -0.39 is 0 Å². The summed E-state index contributed by atoms with van der Waals surface area (Å²) >= 11 is 0. The SMILES string of the molecule is C=C/C=C\C=C1\C=c2ccc3c(c2=CC1)CCC(C)=C3/C=C(/C)C(C)CC.CC.CC. The second-order valence-electron chi connectivity index (χ2n) is 7.90.